The third kappa shape index (κ3) is 4.08. The summed E-state index contributed by atoms with van der Waals surface area (Å²) in [4.78, 5) is 2.34. The van der Waals surface area contributed by atoms with Crippen molar-refractivity contribution in [2.24, 2.45) is 0 Å². The summed E-state index contributed by atoms with van der Waals surface area (Å²) in [6, 6.07) is 17.7. The highest BCUT2D eigenvalue weighted by atomic mass is 15.1. The molecule has 0 bridgehead atoms. The normalized spacial score (nSPS) is 12.2. The van der Waals surface area contributed by atoms with Crippen LogP contribution in [0.15, 0.2) is 48.5 Å². The lowest BCUT2D eigenvalue weighted by molar-refractivity contribution is 0.550. The van der Waals surface area contributed by atoms with Crippen molar-refractivity contribution in [3.8, 4) is 0 Å². The summed E-state index contributed by atoms with van der Waals surface area (Å²) in [6.45, 7) is 8.39. The van der Waals surface area contributed by atoms with E-state index in [1.807, 2.05) is 0 Å². The molecule has 0 aliphatic rings. The van der Waals surface area contributed by atoms with E-state index in [0.717, 1.165) is 13.1 Å². The minimum Gasteiger partial charge on any atom is -0.372 e. The SMILES string of the molecule is CCNC(CN(C)c1ccccc1C)c1ccc(C)cc1. The second-order valence-corrected chi connectivity index (χ2v) is 5.69. The highest BCUT2D eigenvalue weighted by Crippen LogP contribution is 2.22. The number of hydrogen-bond donors (Lipinski definition) is 1. The Hall–Kier alpha value is -1.80. The van der Waals surface area contributed by atoms with Crippen LogP contribution in [0.25, 0.3) is 0 Å². The van der Waals surface area contributed by atoms with Gasteiger partial charge >= 0.3 is 0 Å². The maximum atomic E-state index is 3.60. The van der Waals surface area contributed by atoms with Crippen LogP contribution in [0.5, 0.6) is 0 Å². The number of hydrogen-bond acceptors (Lipinski definition) is 2. The smallest absolute Gasteiger partial charge is 0.0498 e. The van der Waals surface area contributed by atoms with Crippen LogP contribution in [-0.2, 0) is 0 Å². The van der Waals surface area contributed by atoms with E-state index in [4.69, 9.17) is 0 Å². The molecule has 0 aromatic heterocycles. The highest BCUT2D eigenvalue weighted by Gasteiger charge is 2.14. The van der Waals surface area contributed by atoms with Crippen LogP contribution in [0.3, 0.4) is 0 Å². The average molecular weight is 282 g/mol. The van der Waals surface area contributed by atoms with Crippen molar-refractivity contribution < 1.29 is 0 Å². The maximum absolute atomic E-state index is 3.60. The van der Waals surface area contributed by atoms with E-state index < -0.39 is 0 Å². The number of benzene rings is 2. The van der Waals surface area contributed by atoms with E-state index in [1.165, 1.54) is 22.4 Å². The van der Waals surface area contributed by atoms with Crippen molar-refractivity contribution in [3.63, 3.8) is 0 Å². The van der Waals surface area contributed by atoms with Crippen molar-refractivity contribution in [1.82, 2.24) is 5.32 Å². The van der Waals surface area contributed by atoms with Gasteiger partial charge in [-0.05, 0) is 37.6 Å². The maximum Gasteiger partial charge on any atom is 0.0498 e. The van der Waals surface area contributed by atoms with Crippen molar-refractivity contribution in [3.05, 3.63) is 65.2 Å². The van der Waals surface area contributed by atoms with Gasteiger partial charge in [0.05, 0.1) is 0 Å². The fourth-order valence-electron chi connectivity index (χ4n) is 2.70. The number of anilines is 1. The van der Waals surface area contributed by atoms with Crippen molar-refractivity contribution in [2.45, 2.75) is 26.8 Å². The first-order valence-corrected chi connectivity index (χ1v) is 7.68. The lowest BCUT2D eigenvalue weighted by Gasteiger charge is -2.28. The van der Waals surface area contributed by atoms with Gasteiger partial charge in [-0.1, -0.05) is 55.0 Å². The molecule has 2 aromatic rings. The monoisotopic (exact) mass is 282 g/mol. The zero-order chi connectivity index (χ0) is 15.2. The van der Waals surface area contributed by atoms with E-state index in [9.17, 15) is 0 Å². The molecule has 2 rings (SSSR count). The molecule has 2 heteroatoms. The molecule has 1 unspecified atom stereocenters. The third-order valence-corrected chi connectivity index (χ3v) is 3.91. The van der Waals surface area contributed by atoms with Gasteiger partial charge in [-0.25, -0.2) is 0 Å². The molecule has 0 radical (unpaired) electrons. The number of aryl methyl sites for hydroxylation is 2. The largest absolute Gasteiger partial charge is 0.372 e. The van der Waals surface area contributed by atoms with Gasteiger partial charge in [0, 0.05) is 25.3 Å². The first kappa shape index (κ1) is 15.6. The summed E-state index contributed by atoms with van der Waals surface area (Å²) in [7, 11) is 2.17. The predicted molar refractivity (Wildman–Crippen MR) is 92.0 cm³/mol. The molecule has 0 aliphatic heterocycles. The third-order valence-electron chi connectivity index (χ3n) is 3.91. The molecule has 0 saturated heterocycles. The molecule has 112 valence electrons. The lowest BCUT2D eigenvalue weighted by Crippen LogP contribution is -2.33. The molecule has 0 saturated carbocycles. The Morgan fingerprint density at radius 3 is 2.29 bits per heavy atom. The quantitative estimate of drug-likeness (QED) is 0.858. The van der Waals surface area contributed by atoms with Gasteiger partial charge in [0.25, 0.3) is 0 Å². The number of nitrogens with one attached hydrogen (secondary N) is 1. The summed E-state index contributed by atoms with van der Waals surface area (Å²) in [6.07, 6.45) is 0. The number of likely N-dealkylation sites (N-methyl/N-ethyl adjacent to an activating group) is 2. The van der Waals surface area contributed by atoms with Gasteiger partial charge < -0.3 is 10.2 Å². The van der Waals surface area contributed by atoms with Crippen LogP contribution in [0.2, 0.25) is 0 Å². The van der Waals surface area contributed by atoms with E-state index in [1.54, 1.807) is 0 Å². The van der Waals surface area contributed by atoms with Gasteiger partial charge in [-0.2, -0.15) is 0 Å². The van der Waals surface area contributed by atoms with E-state index >= 15 is 0 Å². The molecule has 2 nitrogen and oxygen atoms in total. The highest BCUT2D eigenvalue weighted by molar-refractivity contribution is 5.52. The minimum absolute atomic E-state index is 0.347. The molecule has 1 atom stereocenters. The van der Waals surface area contributed by atoms with E-state index in [-0.39, 0.29) is 0 Å². The number of para-hydroxylation sites is 1. The van der Waals surface area contributed by atoms with Crippen LogP contribution in [0.1, 0.15) is 29.7 Å². The number of nitrogens with zero attached hydrogens (tertiary/aromatic N) is 1. The molecule has 1 N–H and O–H groups in total. The topological polar surface area (TPSA) is 15.3 Å². The Balaban J connectivity index is 2.16. The first-order chi connectivity index (χ1) is 10.1. The van der Waals surface area contributed by atoms with E-state index in [2.05, 4.69) is 86.6 Å². The van der Waals surface area contributed by atoms with Gasteiger partial charge in [0.1, 0.15) is 0 Å². The summed E-state index contributed by atoms with van der Waals surface area (Å²) >= 11 is 0. The summed E-state index contributed by atoms with van der Waals surface area (Å²) in [5.41, 5.74) is 5.27. The summed E-state index contributed by atoms with van der Waals surface area (Å²) in [5, 5.41) is 3.60. The molecular formula is C19H26N2. The van der Waals surface area contributed by atoms with Crippen molar-refractivity contribution in [1.29, 1.82) is 0 Å². The molecule has 0 fully saturated rings. The molecule has 0 spiro atoms. The van der Waals surface area contributed by atoms with E-state index in [0.29, 0.717) is 6.04 Å². The van der Waals surface area contributed by atoms with Gasteiger partial charge in [0.2, 0.25) is 0 Å². The second kappa shape index (κ2) is 7.28. The molecular weight excluding hydrogens is 256 g/mol. The van der Waals surface area contributed by atoms with Crippen molar-refractivity contribution in [2.75, 3.05) is 25.0 Å². The van der Waals surface area contributed by atoms with Gasteiger partial charge in [-0.3, -0.25) is 0 Å². The minimum atomic E-state index is 0.347. The Bertz CT molecular complexity index is 560. The van der Waals surface area contributed by atoms with Crippen molar-refractivity contribution >= 4 is 5.69 Å². The summed E-state index contributed by atoms with van der Waals surface area (Å²) < 4.78 is 0. The Kier molecular flexibility index (Phi) is 5.40. The second-order valence-electron chi connectivity index (χ2n) is 5.69. The fourth-order valence-corrected chi connectivity index (χ4v) is 2.70. The zero-order valence-corrected chi connectivity index (χ0v) is 13.6. The van der Waals surface area contributed by atoms with Crippen LogP contribution >= 0.6 is 0 Å². The zero-order valence-electron chi connectivity index (χ0n) is 13.6. The average Bonchev–Trinajstić information content (AvgIpc) is 2.48. The Morgan fingerprint density at radius 1 is 1.00 bits per heavy atom. The Morgan fingerprint density at radius 2 is 1.67 bits per heavy atom. The number of rotatable bonds is 6. The van der Waals surface area contributed by atoms with Crippen LogP contribution in [0.4, 0.5) is 5.69 Å². The standard InChI is InChI=1S/C19H26N2/c1-5-20-18(17-12-10-15(2)11-13-17)14-21(4)19-9-7-6-8-16(19)3/h6-13,18,20H,5,14H2,1-4H3. The molecule has 0 heterocycles. The predicted octanol–water partition coefficient (Wildman–Crippen LogP) is 4.09. The summed E-state index contributed by atoms with van der Waals surface area (Å²) in [5.74, 6) is 0. The van der Waals surface area contributed by atoms with Crippen LogP contribution in [-0.4, -0.2) is 20.1 Å². The van der Waals surface area contributed by atoms with Gasteiger partial charge in [-0.15, -0.1) is 0 Å². The van der Waals surface area contributed by atoms with Crippen LogP contribution in [0, 0.1) is 13.8 Å². The van der Waals surface area contributed by atoms with Crippen LogP contribution < -0.4 is 10.2 Å². The fraction of sp³-hybridized carbons (Fsp3) is 0.368. The lowest BCUT2D eigenvalue weighted by atomic mass is 10.0. The first-order valence-electron chi connectivity index (χ1n) is 7.68. The Labute approximate surface area is 128 Å². The molecule has 21 heavy (non-hydrogen) atoms. The molecule has 0 aliphatic carbocycles. The molecule has 2 aromatic carbocycles. The molecule has 0 amide bonds. The van der Waals surface area contributed by atoms with Gasteiger partial charge in [0.15, 0.2) is 0 Å².